The molecule has 0 N–H and O–H groups in total. The number of fused-ring (bicyclic) bond motifs is 1. The molecule has 0 spiro atoms. The predicted molar refractivity (Wildman–Crippen MR) is 96.9 cm³/mol. The molecule has 30 heavy (non-hydrogen) atoms. The van der Waals surface area contributed by atoms with E-state index in [1.807, 2.05) is 0 Å². The Balaban J connectivity index is 1.41. The lowest BCUT2D eigenvalue weighted by atomic mass is 10.1. The lowest BCUT2D eigenvalue weighted by molar-refractivity contribution is -0.141. The Bertz CT molecular complexity index is 1060. The summed E-state index contributed by atoms with van der Waals surface area (Å²) in [4.78, 5) is 17.5. The van der Waals surface area contributed by atoms with Gasteiger partial charge in [0.05, 0.1) is 18.8 Å². The molecule has 0 saturated carbocycles. The van der Waals surface area contributed by atoms with Crippen LogP contribution in [-0.2, 0) is 25.9 Å². The minimum atomic E-state index is -4.52. The van der Waals surface area contributed by atoms with Gasteiger partial charge in [0.1, 0.15) is 18.1 Å². The minimum absolute atomic E-state index is 0.0969. The number of hydrogen-bond donors (Lipinski definition) is 0. The molecule has 0 bridgehead atoms. The van der Waals surface area contributed by atoms with Gasteiger partial charge in [-0.15, -0.1) is 5.10 Å². The number of hydrogen-bond acceptors (Lipinski definition) is 4. The molecule has 1 aromatic carbocycles. The Morgan fingerprint density at radius 2 is 1.87 bits per heavy atom. The highest BCUT2D eigenvalue weighted by Gasteiger charge is 2.32. The van der Waals surface area contributed by atoms with E-state index < -0.39 is 17.7 Å². The van der Waals surface area contributed by atoms with Gasteiger partial charge in [-0.2, -0.15) is 13.2 Å². The lowest BCUT2D eigenvalue weighted by Crippen LogP contribution is -2.38. The number of amides is 1. The SMILES string of the molecule is O=C(c1ccc(F)cc1)N1CCn2nc(OCc3ccnc(C(F)(F)F)c3)cc2C1. The van der Waals surface area contributed by atoms with E-state index in [1.54, 1.807) is 15.6 Å². The Morgan fingerprint density at radius 1 is 1.10 bits per heavy atom. The molecule has 0 unspecified atom stereocenters. The van der Waals surface area contributed by atoms with Gasteiger partial charge in [0.2, 0.25) is 5.88 Å². The van der Waals surface area contributed by atoms with Crippen LogP contribution in [0.25, 0.3) is 0 Å². The molecule has 1 amide bonds. The van der Waals surface area contributed by atoms with Crippen molar-refractivity contribution in [3.63, 3.8) is 0 Å². The van der Waals surface area contributed by atoms with Crippen LogP contribution in [0.3, 0.4) is 0 Å². The third-order valence-corrected chi connectivity index (χ3v) is 4.66. The molecule has 0 atom stereocenters. The molecular formula is C20H16F4N4O2. The predicted octanol–water partition coefficient (Wildman–Crippen LogP) is 3.67. The monoisotopic (exact) mass is 420 g/mol. The summed E-state index contributed by atoms with van der Waals surface area (Å²) in [5.74, 6) is -0.380. The molecule has 2 aromatic heterocycles. The second kappa shape index (κ2) is 7.77. The first-order valence-corrected chi connectivity index (χ1v) is 9.06. The van der Waals surface area contributed by atoms with E-state index >= 15 is 0 Å². The molecule has 3 heterocycles. The average Bonchev–Trinajstić information content (AvgIpc) is 3.14. The highest BCUT2D eigenvalue weighted by Crippen LogP contribution is 2.28. The summed E-state index contributed by atoms with van der Waals surface area (Å²) in [6.07, 6.45) is -3.44. The van der Waals surface area contributed by atoms with Gasteiger partial charge in [0, 0.05) is 24.4 Å². The first-order chi connectivity index (χ1) is 14.3. The number of pyridine rings is 1. The highest BCUT2D eigenvalue weighted by molar-refractivity contribution is 5.94. The zero-order valence-electron chi connectivity index (χ0n) is 15.6. The van der Waals surface area contributed by atoms with Gasteiger partial charge >= 0.3 is 6.18 Å². The van der Waals surface area contributed by atoms with Gasteiger partial charge in [-0.05, 0) is 42.0 Å². The van der Waals surface area contributed by atoms with E-state index in [4.69, 9.17) is 4.74 Å². The van der Waals surface area contributed by atoms with Crippen LogP contribution in [0.15, 0.2) is 48.7 Å². The second-order valence-corrected chi connectivity index (χ2v) is 6.77. The number of aromatic nitrogens is 3. The van der Waals surface area contributed by atoms with Crippen LogP contribution in [0.2, 0.25) is 0 Å². The normalized spacial score (nSPS) is 13.8. The van der Waals surface area contributed by atoms with Crippen molar-refractivity contribution in [2.45, 2.75) is 25.9 Å². The largest absolute Gasteiger partial charge is 0.472 e. The van der Waals surface area contributed by atoms with Crippen molar-refractivity contribution in [2.24, 2.45) is 0 Å². The van der Waals surface area contributed by atoms with Crippen LogP contribution in [0.5, 0.6) is 5.88 Å². The molecule has 4 rings (SSSR count). The van der Waals surface area contributed by atoms with Crippen LogP contribution in [-0.4, -0.2) is 32.1 Å². The average molecular weight is 420 g/mol. The Kier molecular flexibility index (Phi) is 5.15. The fourth-order valence-corrected chi connectivity index (χ4v) is 3.14. The summed E-state index contributed by atoms with van der Waals surface area (Å²) in [7, 11) is 0. The molecular weight excluding hydrogens is 404 g/mol. The number of halogens is 4. The molecule has 0 radical (unpaired) electrons. The highest BCUT2D eigenvalue weighted by atomic mass is 19.4. The number of nitrogens with zero attached hydrogens (tertiary/aromatic N) is 4. The zero-order chi connectivity index (χ0) is 21.3. The maximum Gasteiger partial charge on any atom is 0.433 e. The molecule has 3 aromatic rings. The Labute approximate surface area is 168 Å². The number of ether oxygens (including phenoxy) is 1. The first kappa shape index (κ1) is 19.9. The van der Waals surface area contributed by atoms with Crippen molar-refractivity contribution >= 4 is 5.91 Å². The van der Waals surface area contributed by atoms with E-state index in [-0.39, 0.29) is 18.4 Å². The quantitative estimate of drug-likeness (QED) is 0.605. The number of alkyl halides is 3. The van der Waals surface area contributed by atoms with Crippen LogP contribution < -0.4 is 4.74 Å². The lowest BCUT2D eigenvalue weighted by Gasteiger charge is -2.27. The maximum atomic E-state index is 13.1. The van der Waals surface area contributed by atoms with Crippen molar-refractivity contribution < 1.29 is 27.1 Å². The number of benzene rings is 1. The van der Waals surface area contributed by atoms with Gasteiger partial charge in [0.15, 0.2) is 0 Å². The van der Waals surface area contributed by atoms with Crippen molar-refractivity contribution in [1.82, 2.24) is 19.7 Å². The van der Waals surface area contributed by atoms with Crippen LogP contribution in [0.4, 0.5) is 17.6 Å². The summed E-state index contributed by atoms with van der Waals surface area (Å²) in [5.41, 5.74) is 0.454. The molecule has 6 nitrogen and oxygen atoms in total. The third-order valence-electron chi connectivity index (χ3n) is 4.66. The molecule has 156 valence electrons. The molecule has 0 aliphatic carbocycles. The van der Waals surface area contributed by atoms with E-state index in [0.29, 0.717) is 30.8 Å². The second-order valence-electron chi connectivity index (χ2n) is 6.77. The molecule has 0 fully saturated rings. The molecule has 1 aliphatic rings. The Hall–Kier alpha value is -3.43. The zero-order valence-corrected chi connectivity index (χ0v) is 15.6. The summed E-state index contributed by atoms with van der Waals surface area (Å²) in [6, 6.07) is 9.35. The van der Waals surface area contributed by atoms with Crippen molar-refractivity contribution in [1.29, 1.82) is 0 Å². The summed E-state index contributed by atoms with van der Waals surface area (Å²) in [5, 5.41) is 4.28. The summed E-state index contributed by atoms with van der Waals surface area (Å²) in [6.45, 7) is 1.06. The molecule has 0 saturated heterocycles. The fraction of sp³-hybridized carbons (Fsp3) is 0.250. The first-order valence-electron chi connectivity index (χ1n) is 9.06. The van der Waals surface area contributed by atoms with E-state index in [0.717, 1.165) is 18.0 Å². The van der Waals surface area contributed by atoms with Gasteiger partial charge < -0.3 is 9.64 Å². The number of carbonyl (C=O) groups excluding carboxylic acids is 1. The molecule has 1 aliphatic heterocycles. The van der Waals surface area contributed by atoms with Gasteiger partial charge in [-0.3, -0.25) is 14.5 Å². The van der Waals surface area contributed by atoms with E-state index in [1.165, 1.54) is 30.3 Å². The van der Waals surface area contributed by atoms with Gasteiger partial charge in [-0.1, -0.05) is 0 Å². The van der Waals surface area contributed by atoms with Crippen molar-refractivity contribution in [3.8, 4) is 5.88 Å². The number of rotatable bonds is 4. The smallest absolute Gasteiger partial charge is 0.433 e. The third kappa shape index (κ3) is 4.27. The number of carbonyl (C=O) groups is 1. The molecule has 10 heteroatoms. The van der Waals surface area contributed by atoms with E-state index in [2.05, 4.69) is 10.1 Å². The van der Waals surface area contributed by atoms with Crippen molar-refractivity contribution in [2.75, 3.05) is 6.54 Å². The topological polar surface area (TPSA) is 60.2 Å². The van der Waals surface area contributed by atoms with Gasteiger partial charge in [0.25, 0.3) is 5.91 Å². The maximum absolute atomic E-state index is 13.1. The standard InChI is InChI=1S/C20H16F4N4O2/c21-15-3-1-14(2-4-15)19(29)27-7-8-28-16(11-27)10-18(26-28)30-12-13-5-6-25-17(9-13)20(22,23)24/h1-6,9-10H,7-8,11-12H2. The summed E-state index contributed by atoms with van der Waals surface area (Å²) < 4.78 is 58.6. The fourth-order valence-electron chi connectivity index (χ4n) is 3.14. The van der Waals surface area contributed by atoms with Crippen LogP contribution in [0, 0.1) is 5.82 Å². The van der Waals surface area contributed by atoms with E-state index in [9.17, 15) is 22.4 Å². The minimum Gasteiger partial charge on any atom is -0.472 e. The van der Waals surface area contributed by atoms with Crippen LogP contribution in [0.1, 0.15) is 27.3 Å². The van der Waals surface area contributed by atoms with Crippen molar-refractivity contribution in [3.05, 3.63) is 77.0 Å². The van der Waals surface area contributed by atoms with Crippen LogP contribution >= 0.6 is 0 Å². The van der Waals surface area contributed by atoms with Gasteiger partial charge in [-0.25, -0.2) is 4.39 Å². The Morgan fingerprint density at radius 3 is 2.60 bits per heavy atom. The summed E-state index contributed by atoms with van der Waals surface area (Å²) >= 11 is 0.